The number of imide groups is 2. The number of amides is 4. The Morgan fingerprint density at radius 1 is 1.13 bits per heavy atom. The maximum atomic E-state index is 13.2. The predicted molar refractivity (Wildman–Crippen MR) is 120 cm³/mol. The molecule has 1 aliphatic heterocycles. The number of rotatable bonds is 4. The molecule has 0 spiro atoms. The molecule has 0 aromatic heterocycles. The van der Waals surface area contributed by atoms with Crippen LogP contribution in [0.5, 0.6) is 0 Å². The molecule has 1 saturated carbocycles. The number of carbonyl (C=O) groups is 3. The number of nitrogens with one attached hydrogen (secondary N) is 1. The van der Waals surface area contributed by atoms with Gasteiger partial charge >= 0.3 is 6.03 Å². The lowest BCUT2D eigenvalue weighted by Crippen LogP contribution is -2.59. The van der Waals surface area contributed by atoms with Gasteiger partial charge in [0.15, 0.2) is 5.92 Å². The van der Waals surface area contributed by atoms with Crippen LogP contribution < -0.4 is 10.2 Å². The van der Waals surface area contributed by atoms with Gasteiger partial charge in [-0.25, -0.2) is 9.69 Å². The van der Waals surface area contributed by atoms with Crippen LogP contribution in [0.4, 0.5) is 10.5 Å². The van der Waals surface area contributed by atoms with E-state index in [0.717, 1.165) is 34.4 Å². The summed E-state index contributed by atoms with van der Waals surface area (Å²) < 4.78 is 0. The lowest BCUT2D eigenvalue weighted by molar-refractivity contribution is -0.131. The smallest absolute Gasteiger partial charge is 0.335 e. The van der Waals surface area contributed by atoms with Crippen molar-refractivity contribution in [2.45, 2.75) is 66.9 Å². The van der Waals surface area contributed by atoms with E-state index < -0.39 is 23.8 Å². The molecule has 3 rings (SSSR count). The molecule has 1 aromatic rings. The van der Waals surface area contributed by atoms with E-state index in [-0.39, 0.29) is 16.9 Å². The number of urea groups is 1. The molecule has 4 amide bonds. The van der Waals surface area contributed by atoms with Gasteiger partial charge in [0.1, 0.15) is 0 Å². The van der Waals surface area contributed by atoms with Crippen molar-refractivity contribution in [3.05, 3.63) is 28.8 Å². The van der Waals surface area contributed by atoms with Crippen molar-refractivity contribution in [2.24, 2.45) is 21.7 Å². The number of hydrogen-bond donors (Lipinski definition) is 2. The quantitative estimate of drug-likeness (QED) is 0.568. The zero-order valence-electron chi connectivity index (χ0n) is 19.3. The first-order valence-corrected chi connectivity index (χ1v) is 10.8. The number of nitrogens with zero attached hydrogens (tertiary/aromatic N) is 2. The van der Waals surface area contributed by atoms with E-state index in [0.29, 0.717) is 18.7 Å². The van der Waals surface area contributed by atoms with E-state index in [2.05, 4.69) is 31.1 Å². The van der Waals surface area contributed by atoms with E-state index in [1.54, 1.807) is 0 Å². The van der Waals surface area contributed by atoms with Crippen LogP contribution >= 0.6 is 0 Å². The average molecular weight is 428 g/mol. The summed E-state index contributed by atoms with van der Waals surface area (Å²) >= 11 is 0. The van der Waals surface area contributed by atoms with E-state index >= 15 is 0 Å². The Kier molecular flexibility index (Phi) is 6.11. The van der Waals surface area contributed by atoms with Gasteiger partial charge in [0.25, 0.3) is 5.91 Å². The summed E-state index contributed by atoms with van der Waals surface area (Å²) in [7, 11) is 0. The molecule has 2 fully saturated rings. The Morgan fingerprint density at radius 3 is 2.32 bits per heavy atom. The van der Waals surface area contributed by atoms with Crippen LogP contribution in [-0.4, -0.2) is 41.8 Å². The third-order valence-corrected chi connectivity index (χ3v) is 6.21. The van der Waals surface area contributed by atoms with Crippen LogP contribution in [0.15, 0.2) is 17.1 Å². The van der Waals surface area contributed by atoms with Crippen molar-refractivity contribution < 1.29 is 19.5 Å². The summed E-state index contributed by atoms with van der Waals surface area (Å²) in [6.07, 6.45) is 3.25. The largest absolute Gasteiger partial charge is 0.393 e. The van der Waals surface area contributed by atoms with E-state index in [4.69, 9.17) is 0 Å². The van der Waals surface area contributed by atoms with Gasteiger partial charge in [0, 0.05) is 12.8 Å². The Labute approximate surface area is 183 Å². The van der Waals surface area contributed by atoms with Crippen LogP contribution in [0, 0.1) is 37.5 Å². The second-order valence-electron chi connectivity index (χ2n) is 10.4. The van der Waals surface area contributed by atoms with Crippen LogP contribution in [0.3, 0.4) is 0 Å². The molecule has 0 unspecified atom stereocenters. The van der Waals surface area contributed by atoms with Gasteiger partial charge in [-0.15, -0.1) is 0 Å². The van der Waals surface area contributed by atoms with Crippen molar-refractivity contribution in [3.8, 4) is 0 Å². The van der Waals surface area contributed by atoms with Crippen LogP contribution in [0.2, 0.25) is 0 Å². The second-order valence-corrected chi connectivity index (χ2v) is 10.4. The fourth-order valence-electron chi connectivity index (χ4n) is 5.54. The lowest BCUT2D eigenvalue weighted by Gasteiger charge is -2.44. The van der Waals surface area contributed by atoms with Crippen molar-refractivity contribution >= 4 is 29.7 Å². The fourth-order valence-corrected chi connectivity index (χ4v) is 5.54. The molecule has 7 nitrogen and oxygen atoms in total. The monoisotopic (exact) mass is 427 g/mol. The SMILES string of the molecule is Cc1cc(C)c(N2C(=O)NC(=O)[C@@H](C=NC[C@@]3(C)C[C@H](O)CC(C)(C)C3)C2=O)c(C)c1. The Balaban J connectivity index is 1.83. The van der Waals surface area contributed by atoms with Crippen molar-refractivity contribution in [3.63, 3.8) is 0 Å². The highest BCUT2D eigenvalue weighted by molar-refractivity contribution is 6.32. The van der Waals surface area contributed by atoms with Gasteiger partial charge in [-0.2, -0.15) is 0 Å². The minimum absolute atomic E-state index is 0.00365. The zero-order chi connectivity index (χ0) is 23.1. The van der Waals surface area contributed by atoms with Crippen LogP contribution in [0.1, 0.15) is 56.7 Å². The summed E-state index contributed by atoms with van der Waals surface area (Å²) in [5, 5.41) is 12.6. The van der Waals surface area contributed by atoms with Gasteiger partial charge < -0.3 is 5.11 Å². The molecule has 1 aromatic carbocycles. The molecular formula is C24H33N3O4. The molecule has 31 heavy (non-hydrogen) atoms. The summed E-state index contributed by atoms with van der Waals surface area (Å²) in [5.41, 5.74) is 2.90. The number of aliphatic hydroxyl groups is 1. The molecular weight excluding hydrogens is 394 g/mol. The summed E-state index contributed by atoms with van der Waals surface area (Å²) in [6.45, 7) is 12.4. The highest BCUT2D eigenvalue weighted by Gasteiger charge is 2.43. The molecule has 7 heteroatoms. The number of carbonyl (C=O) groups excluding carboxylic acids is 3. The molecule has 1 heterocycles. The third kappa shape index (κ3) is 4.87. The topological polar surface area (TPSA) is 99.1 Å². The molecule has 3 atom stereocenters. The molecule has 2 aliphatic rings. The van der Waals surface area contributed by atoms with E-state index in [9.17, 15) is 19.5 Å². The highest BCUT2D eigenvalue weighted by Crippen LogP contribution is 2.46. The molecule has 0 radical (unpaired) electrons. The Hall–Kier alpha value is -2.54. The number of aliphatic imine (C=N–C) groups is 1. The molecule has 0 bridgehead atoms. The van der Waals surface area contributed by atoms with Crippen molar-refractivity contribution in [2.75, 3.05) is 11.4 Å². The van der Waals surface area contributed by atoms with Crippen molar-refractivity contribution in [1.29, 1.82) is 0 Å². The van der Waals surface area contributed by atoms with Gasteiger partial charge in [-0.05, 0) is 62.0 Å². The average Bonchev–Trinajstić information content (AvgIpc) is 2.57. The number of benzene rings is 1. The Morgan fingerprint density at radius 2 is 1.74 bits per heavy atom. The molecule has 168 valence electrons. The van der Waals surface area contributed by atoms with Gasteiger partial charge in [0.05, 0.1) is 11.8 Å². The predicted octanol–water partition coefficient (Wildman–Crippen LogP) is 3.46. The second kappa shape index (κ2) is 8.19. The Bertz CT molecular complexity index is 929. The first-order valence-electron chi connectivity index (χ1n) is 10.8. The minimum atomic E-state index is -1.16. The number of hydrogen-bond acceptors (Lipinski definition) is 5. The van der Waals surface area contributed by atoms with Gasteiger partial charge in [0.2, 0.25) is 5.91 Å². The van der Waals surface area contributed by atoms with Crippen LogP contribution in [-0.2, 0) is 9.59 Å². The third-order valence-electron chi connectivity index (χ3n) is 6.21. The molecule has 2 N–H and O–H groups in total. The summed E-state index contributed by atoms with van der Waals surface area (Å²) in [6, 6.07) is 3.07. The highest BCUT2D eigenvalue weighted by atomic mass is 16.3. The number of aryl methyl sites for hydroxylation is 3. The normalized spacial score (nSPS) is 28.9. The first-order chi connectivity index (χ1) is 14.3. The van der Waals surface area contributed by atoms with E-state index in [1.165, 1.54) is 6.21 Å². The number of barbiturate groups is 1. The summed E-state index contributed by atoms with van der Waals surface area (Å²) in [4.78, 5) is 43.6. The van der Waals surface area contributed by atoms with Gasteiger partial charge in [-0.1, -0.05) is 38.5 Å². The van der Waals surface area contributed by atoms with Crippen molar-refractivity contribution in [1.82, 2.24) is 5.32 Å². The summed E-state index contributed by atoms with van der Waals surface area (Å²) in [5.74, 6) is -2.42. The molecule has 1 aliphatic carbocycles. The first kappa shape index (κ1) is 23.1. The van der Waals surface area contributed by atoms with E-state index in [1.807, 2.05) is 32.9 Å². The maximum absolute atomic E-state index is 13.2. The lowest BCUT2D eigenvalue weighted by atomic mass is 9.63. The standard InChI is InChI=1S/C24H33N3O4/c1-14-7-15(2)19(16(3)8-14)27-21(30)18(20(29)26-22(27)31)11-25-13-24(6)10-17(28)9-23(4,5)12-24/h7-8,11,17-18,28H,9-10,12-13H2,1-6H3,(H,26,29,31)/t17-,18-,24+/m1/s1. The van der Waals surface area contributed by atoms with Crippen LogP contribution in [0.25, 0.3) is 0 Å². The number of aliphatic hydroxyl groups excluding tert-OH is 1. The minimum Gasteiger partial charge on any atom is -0.393 e. The van der Waals surface area contributed by atoms with Gasteiger partial charge in [-0.3, -0.25) is 19.9 Å². The molecule has 1 saturated heterocycles. The maximum Gasteiger partial charge on any atom is 0.335 e. The fraction of sp³-hybridized carbons (Fsp3) is 0.583. The number of anilines is 1. The zero-order valence-corrected chi connectivity index (χ0v) is 19.3.